The van der Waals surface area contributed by atoms with Crippen LogP contribution in [0.5, 0.6) is 0 Å². The van der Waals surface area contributed by atoms with Crippen LogP contribution in [-0.2, 0) is 0 Å². The molecular formula is C10H11N5O2S. The van der Waals surface area contributed by atoms with Crippen LogP contribution >= 0.6 is 11.8 Å². The Morgan fingerprint density at radius 1 is 1.50 bits per heavy atom. The molecule has 94 valence electrons. The van der Waals surface area contributed by atoms with Gasteiger partial charge in [0.25, 0.3) is 0 Å². The number of nitro groups is 1. The van der Waals surface area contributed by atoms with Gasteiger partial charge in [-0.2, -0.15) is 5.26 Å². The first-order valence-electron chi connectivity index (χ1n) is 5.54. The number of thioether (sulfide) groups is 1. The quantitative estimate of drug-likeness (QED) is 0.293. The average molecular weight is 265 g/mol. The Hall–Kier alpha value is -1.88. The maximum Gasteiger partial charge on any atom is 0.344 e. The number of thiocyanates is 1. The first-order chi connectivity index (χ1) is 8.72. The Morgan fingerprint density at radius 2 is 2.22 bits per heavy atom. The Morgan fingerprint density at radius 3 is 2.83 bits per heavy atom. The second-order valence-electron chi connectivity index (χ2n) is 3.95. The largest absolute Gasteiger partial charge is 0.361 e. The summed E-state index contributed by atoms with van der Waals surface area (Å²) in [5, 5.41) is 24.6. The standard InChI is InChI=1S/C10H11N5O2S/c11-5-18-10-8(15(16)17)9(12-6-13-10)14-7-3-1-2-4-7/h6-7H,1-4H2,(H,12,13,14). The van der Waals surface area contributed by atoms with E-state index in [9.17, 15) is 10.1 Å². The molecule has 0 radical (unpaired) electrons. The normalized spacial score (nSPS) is 15.3. The smallest absolute Gasteiger partial charge is 0.344 e. The molecule has 0 bridgehead atoms. The summed E-state index contributed by atoms with van der Waals surface area (Å²) in [6, 6.07) is 0.221. The molecule has 1 heterocycles. The van der Waals surface area contributed by atoms with E-state index in [0.29, 0.717) is 11.8 Å². The van der Waals surface area contributed by atoms with E-state index in [1.54, 1.807) is 5.40 Å². The van der Waals surface area contributed by atoms with Gasteiger partial charge in [0, 0.05) is 17.8 Å². The van der Waals surface area contributed by atoms with Crippen molar-refractivity contribution in [2.45, 2.75) is 36.8 Å². The minimum absolute atomic E-state index is 0.0815. The number of nitriles is 1. The Kier molecular flexibility index (Phi) is 3.94. The minimum atomic E-state index is -0.545. The van der Waals surface area contributed by atoms with Crippen molar-refractivity contribution in [3.8, 4) is 5.40 Å². The van der Waals surface area contributed by atoms with Crippen LogP contribution in [0.15, 0.2) is 11.4 Å². The molecule has 0 saturated heterocycles. The molecule has 1 N–H and O–H groups in total. The van der Waals surface area contributed by atoms with Crippen LogP contribution in [0.1, 0.15) is 25.7 Å². The lowest BCUT2D eigenvalue weighted by atomic mass is 10.2. The van der Waals surface area contributed by atoms with Crippen LogP contribution in [0, 0.1) is 20.8 Å². The third-order valence-corrected chi connectivity index (χ3v) is 3.39. The number of rotatable bonds is 4. The van der Waals surface area contributed by atoms with Gasteiger partial charge in [0.2, 0.25) is 5.82 Å². The van der Waals surface area contributed by atoms with Crippen molar-refractivity contribution < 1.29 is 4.92 Å². The van der Waals surface area contributed by atoms with E-state index < -0.39 is 4.92 Å². The molecule has 0 amide bonds. The summed E-state index contributed by atoms with van der Waals surface area (Å²) in [6.45, 7) is 0. The summed E-state index contributed by atoms with van der Waals surface area (Å²) in [7, 11) is 0. The molecule has 1 aromatic rings. The molecule has 0 aromatic carbocycles. The molecule has 0 unspecified atom stereocenters. The molecule has 1 aromatic heterocycles. The average Bonchev–Trinajstić information content (AvgIpc) is 2.82. The van der Waals surface area contributed by atoms with Crippen molar-refractivity contribution in [3.05, 3.63) is 16.4 Å². The van der Waals surface area contributed by atoms with Crippen molar-refractivity contribution >= 4 is 23.3 Å². The fraction of sp³-hybridized carbons (Fsp3) is 0.500. The predicted octanol–water partition coefficient (Wildman–Crippen LogP) is 2.31. The number of nitrogens with one attached hydrogen (secondary N) is 1. The minimum Gasteiger partial charge on any atom is -0.361 e. The van der Waals surface area contributed by atoms with E-state index in [1.165, 1.54) is 6.33 Å². The van der Waals surface area contributed by atoms with Gasteiger partial charge in [0.05, 0.1) is 4.92 Å². The van der Waals surface area contributed by atoms with Crippen LogP contribution in [-0.4, -0.2) is 20.9 Å². The van der Waals surface area contributed by atoms with Gasteiger partial charge in [-0.15, -0.1) is 0 Å². The van der Waals surface area contributed by atoms with E-state index in [4.69, 9.17) is 5.26 Å². The SMILES string of the molecule is N#CSc1ncnc(NC2CCCC2)c1[N+](=O)[O-]. The highest BCUT2D eigenvalue weighted by Crippen LogP contribution is 2.33. The summed E-state index contributed by atoms with van der Waals surface area (Å²) < 4.78 is 0. The lowest BCUT2D eigenvalue weighted by Gasteiger charge is -2.12. The van der Waals surface area contributed by atoms with E-state index in [1.807, 2.05) is 0 Å². The van der Waals surface area contributed by atoms with Gasteiger partial charge in [-0.25, -0.2) is 9.97 Å². The highest BCUT2D eigenvalue weighted by Gasteiger charge is 2.26. The van der Waals surface area contributed by atoms with Crippen LogP contribution in [0.2, 0.25) is 0 Å². The summed E-state index contributed by atoms with van der Waals surface area (Å²) in [5.41, 5.74) is -0.212. The van der Waals surface area contributed by atoms with Crippen molar-refractivity contribution in [2.75, 3.05) is 5.32 Å². The maximum atomic E-state index is 11.1. The molecule has 1 fully saturated rings. The summed E-state index contributed by atoms with van der Waals surface area (Å²) in [6.07, 6.45) is 5.46. The molecule has 2 rings (SSSR count). The highest BCUT2D eigenvalue weighted by atomic mass is 32.2. The summed E-state index contributed by atoms with van der Waals surface area (Å²) in [4.78, 5) is 18.2. The zero-order chi connectivity index (χ0) is 13.0. The number of hydrogen-bond donors (Lipinski definition) is 1. The molecule has 7 nitrogen and oxygen atoms in total. The third kappa shape index (κ3) is 2.68. The molecule has 0 atom stereocenters. The second-order valence-corrected chi connectivity index (χ2v) is 4.73. The van der Waals surface area contributed by atoms with Crippen molar-refractivity contribution in [2.24, 2.45) is 0 Å². The van der Waals surface area contributed by atoms with Crippen molar-refractivity contribution in [3.63, 3.8) is 0 Å². The fourth-order valence-electron chi connectivity index (χ4n) is 2.01. The fourth-order valence-corrected chi connectivity index (χ4v) is 2.47. The Balaban J connectivity index is 2.30. The number of hydrogen-bond acceptors (Lipinski definition) is 7. The molecule has 1 aliphatic carbocycles. The lowest BCUT2D eigenvalue weighted by Crippen LogP contribution is -2.17. The summed E-state index contributed by atoms with van der Waals surface area (Å²) >= 11 is 0.675. The van der Waals surface area contributed by atoms with Crippen LogP contribution in [0.3, 0.4) is 0 Å². The topological polar surface area (TPSA) is 105 Å². The van der Waals surface area contributed by atoms with Gasteiger partial charge in [-0.1, -0.05) is 12.8 Å². The van der Waals surface area contributed by atoms with Gasteiger partial charge in [-0.05, 0) is 12.8 Å². The van der Waals surface area contributed by atoms with Gasteiger partial charge < -0.3 is 5.32 Å². The van der Waals surface area contributed by atoms with Crippen molar-refractivity contribution in [1.82, 2.24) is 9.97 Å². The first kappa shape index (κ1) is 12.6. The first-order valence-corrected chi connectivity index (χ1v) is 6.36. The monoisotopic (exact) mass is 265 g/mol. The number of nitrogens with zero attached hydrogens (tertiary/aromatic N) is 4. The molecule has 1 saturated carbocycles. The lowest BCUT2D eigenvalue weighted by molar-refractivity contribution is -0.387. The van der Waals surface area contributed by atoms with Crippen LogP contribution in [0.25, 0.3) is 0 Å². The van der Waals surface area contributed by atoms with Crippen LogP contribution in [0.4, 0.5) is 11.5 Å². The molecule has 0 aliphatic heterocycles. The second kappa shape index (κ2) is 5.64. The Bertz CT molecular complexity index is 496. The number of anilines is 1. The van der Waals surface area contributed by atoms with Gasteiger partial charge in [0.15, 0.2) is 5.03 Å². The molecule has 1 aliphatic rings. The van der Waals surface area contributed by atoms with Crippen LogP contribution < -0.4 is 5.32 Å². The molecule has 8 heteroatoms. The van der Waals surface area contributed by atoms with Gasteiger partial charge >= 0.3 is 5.69 Å². The molecule has 0 spiro atoms. The summed E-state index contributed by atoms with van der Waals surface area (Å²) in [5.74, 6) is 0.208. The zero-order valence-electron chi connectivity index (χ0n) is 9.50. The van der Waals surface area contributed by atoms with E-state index in [0.717, 1.165) is 25.7 Å². The Labute approximate surface area is 108 Å². The van der Waals surface area contributed by atoms with E-state index in [2.05, 4.69) is 15.3 Å². The zero-order valence-corrected chi connectivity index (χ0v) is 10.3. The number of aromatic nitrogens is 2. The molecule has 18 heavy (non-hydrogen) atoms. The van der Waals surface area contributed by atoms with Crippen molar-refractivity contribution in [1.29, 1.82) is 5.26 Å². The van der Waals surface area contributed by atoms with Gasteiger partial charge in [-0.3, -0.25) is 10.1 Å². The predicted molar refractivity (Wildman–Crippen MR) is 66.0 cm³/mol. The van der Waals surface area contributed by atoms with E-state index >= 15 is 0 Å². The van der Waals surface area contributed by atoms with Gasteiger partial charge in [0.1, 0.15) is 11.7 Å². The third-order valence-electron chi connectivity index (χ3n) is 2.81. The maximum absolute atomic E-state index is 11.1. The highest BCUT2D eigenvalue weighted by molar-refractivity contribution is 8.03. The molecular weight excluding hydrogens is 254 g/mol. The van der Waals surface area contributed by atoms with E-state index in [-0.39, 0.29) is 22.6 Å².